The van der Waals surface area contributed by atoms with Gasteiger partial charge in [0.1, 0.15) is 0 Å². The Morgan fingerprint density at radius 1 is 1.33 bits per heavy atom. The summed E-state index contributed by atoms with van der Waals surface area (Å²) in [6.45, 7) is 6.64. The van der Waals surface area contributed by atoms with Crippen LogP contribution in [-0.4, -0.2) is 25.5 Å². The lowest BCUT2D eigenvalue weighted by Crippen LogP contribution is -2.51. The molecule has 1 heterocycles. The van der Waals surface area contributed by atoms with E-state index in [2.05, 4.69) is 42.7 Å². The van der Waals surface area contributed by atoms with Gasteiger partial charge in [-0.1, -0.05) is 18.2 Å². The fourth-order valence-corrected chi connectivity index (χ4v) is 2.17. The third-order valence-electron chi connectivity index (χ3n) is 3.47. The monoisotopic (exact) mass is 268 g/mol. The standard InChI is InChI=1S/C14H20N2O.ClH/c1-10-4-3-5-11(2)13(10)6-7-16-14(17)12-8-15-9-12;/h3-5,12,15H,6-9H2,1-2H3,(H,16,17);1H. The molecule has 0 bridgehead atoms. The summed E-state index contributed by atoms with van der Waals surface area (Å²) in [7, 11) is 0. The summed E-state index contributed by atoms with van der Waals surface area (Å²) >= 11 is 0. The first-order valence-electron chi connectivity index (χ1n) is 6.22. The summed E-state index contributed by atoms with van der Waals surface area (Å²) < 4.78 is 0. The van der Waals surface area contributed by atoms with Crippen molar-refractivity contribution in [2.45, 2.75) is 20.3 Å². The van der Waals surface area contributed by atoms with Gasteiger partial charge in [-0.15, -0.1) is 12.4 Å². The molecule has 1 aromatic rings. The maximum atomic E-state index is 11.6. The minimum absolute atomic E-state index is 0. The van der Waals surface area contributed by atoms with Crippen LogP contribution in [0.4, 0.5) is 0 Å². The minimum atomic E-state index is 0. The van der Waals surface area contributed by atoms with Gasteiger partial charge in [0.2, 0.25) is 5.91 Å². The number of carbonyl (C=O) groups excluding carboxylic acids is 1. The molecule has 1 fully saturated rings. The van der Waals surface area contributed by atoms with E-state index in [9.17, 15) is 4.79 Å². The van der Waals surface area contributed by atoms with Crippen molar-refractivity contribution in [2.75, 3.05) is 19.6 Å². The summed E-state index contributed by atoms with van der Waals surface area (Å²) in [6.07, 6.45) is 0.921. The van der Waals surface area contributed by atoms with E-state index in [1.54, 1.807) is 0 Å². The third kappa shape index (κ3) is 3.47. The second-order valence-electron chi connectivity index (χ2n) is 4.77. The van der Waals surface area contributed by atoms with Gasteiger partial charge >= 0.3 is 0 Å². The third-order valence-corrected chi connectivity index (χ3v) is 3.47. The Morgan fingerprint density at radius 2 is 1.94 bits per heavy atom. The first-order valence-corrected chi connectivity index (χ1v) is 6.22. The highest BCUT2D eigenvalue weighted by atomic mass is 35.5. The van der Waals surface area contributed by atoms with Crippen molar-refractivity contribution in [3.63, 3.8) is 0 Å². The Labute approximate surface area is 115 Å². The SMILES string of the molecule is Cc1cccc(C)c1CCNC(=O)C1CNC1.Cl. The maximum Gasteiger partial charge on any atom is 0.225 e. The Bertz CT molecular complexity index is 396. The van der Waals surface area contributed by atoms with Gasteiger partial charge in [-0.3, -0.25) is 4.79 Å². The number of carbonyl (C=O) groups is 1. The Kier molecular flexibility index (Phi) is 5.63. The zero-order valence-corrected chi connectivity index (χ0v) is 11.8. The maximum absolute atomic E-state index is 11.6. The lowest BCUT2D eigenvalue weighted by atomic mass is 9.99. The molecule has 1 saturated heterocycles. The van der Waals surface area contributed by atoms with E-state index in [1.807, 2.05) is 0 Å². The molecular formula is C14H21ClN2O. The number of rotatable bonds is 4. The average molecular weight is 269 g/mol. The fourth-order valence-electron chi connectivity index (χ4n) is 2.17. The van der Waals surface area contributed by atoms with Crippen LogP contribution in [0.2, 0.25) is 0 Å². The summed E-state index contributed by atoms with van der Waals surface area (Å²) in [6, 6.07) is 6.33. The van der Waals surface area contributed by atoms with E-state index in [-0.39, 0.29) is 24.2 Å². The van der Waals surface area contributed by atoms with Crippen LogP contribution in [0.5, 0.6) is 0 Å². The lowest BCUT2D eigenvalue weighted by molar-refractivity contribution is -0.126. The number of halogens is 1. The highest BCUT2D eigenvalue weighted by molar-refractivity contribution is 5.85. The number of hydrogen-bond donors (Lipinski definition) is 2. The largest absolute Gasteiger partial charge is 0.355 e. The first kappa shape index (κ1) is 15.0. The van der Waals surface area contributed by atoms with Gasteiger partial charge in [-0.2, -0.15) is 0 Å². The topological polar surface area (TPSA) is 41.1 Å². The van der Waals surface area contributed by atoms with Gasteiger partial charge in [0.15, 0.2) is 0 Å². The van der Waals surface area contributed by atoms with Crippen molar-refractivity contribution in [3.8, 4) is 0 Å². The molecule has 1 aliphatic rings. The van der Waals surface area contributed by atoms with Gasteiger partial charge < -0.3 is 10.6 Å². The fraction of sp³-hybridized carbons (Fsp3) is 0.500. The van der Waals surface area contributed by atoms with Gasteiger partial charge in [-0.05, 0) is 37.0 Å². The lowest BCUT2D eigenvalue weighted by Gasteiger charge is -2.25. The van der Waals surface area contributed by atoms with Gasteiger partial charge in [0, 0.05) is 19.6 Å². The van der Waals surface area contributed by atoms with E-state index in [0.717, 1.165) is 26.1 Å². The van der Waals surface area contributed by atoms with Crippen LogP contribution < -0.4 is 10.6 Å². The number of amides is 1. The van der Waals surface area contributed by atoms with Crippen molar-refractivity contribution in [2.24, 2.45) is 5.92 Å². The van der Waals surface area contributed by atoms with E-state index in [1.165, 1.54) is 16.7 Å². The second-order valence-corrected chi connectivity index (χ2v) is 4.77. The molecule has 0 unspecified atom stereocenters. The summed E-state index contributed by atoms with van der Waals surface area (Å²) in [5, 5.41) is 6.12. The quantitative estimate of drug-likeness (QED) is 0.871. The zero-order valence-electron chi connectivity index (χ0n) is 11.0. The predicted molar refractivity (Wildman–Crippen MR) is 76.2 cm³/mol. The van der Waals surface area contributed by atoms with E-state index in [0.29, 0.717) is 0 Å². The molecule has 0 aromatic heterocycles. The normalized spacial score (nSPS) is 14.6. The summed E-state index contributed by atoms with van der Waals surface area (Å²) in [5.41, 5.74) is 3.98. The number of nitrogens with one attached hydrogen (secondary N) is 2. The summed E-state index contributed by atoms with van der Waals surface area (Å²) in [5.74, 6) is 0.378. The van der Waals surface area contributed by atoms with Crippen molar-refractivity contribution >= 4 is 18.3 Å². The molecule has 2 rings (SSSR count). The van der Waals surface area contributed by atoms with Crippen LogP contribution in [0.15, 0.2) is 18.2 Å². The second kappa shape index (κ2) is 6.76. The molecule has 3 nitrogen and oxygen atoms in total. The van der Waals surface area contributed by atoms with Gasteiger partial charge in [-0.25, -0.2) is 0 Å². The zero-order chi connectivity index (χ0) is 12.3. The average Bonchev–Trinajstić information content (AvgIpc) is 2.20. The van der Waals surface area contributed by atoms with Crippen molar-refractivity contribution < 1.29 is 4.79 Å². The highest BCUT2D eigenvalue weighted by Crippen LogP contribution is 2.13. The molecule has 0 radical (unpaired) electrons. The molecule has 1 aromatic carbocycles. The number of benzene rings is 1. The minimum Gasteiger partial charge on any atom is -0.355 e. The Morgan fingerprint density at radius 3 is 2.44 bits per heavy atom. The van der Waals surface area contributed by atoms with Crippen LogP contribution in [-0.2, 0) is 11.2 Å². The Hall–Kier alpha value is -1.06. The van der Waals surface area contributed by atoms with Crippen LogP contribution in [0.1, 0.15) is 16.7 Å². The highest BCUT2D eigenvalue weighted by Gasteiger charge is 2.24. The van der Waals surface area contributed by atoms with Crippen LogP contribution in [0.3, 0.4) is 0 Å². The summed E-state index contributed by atoms with van der Waals surface area (Å²) in [4.78, 5) is 11.6. The number of aryl methyl sites for hydroxylation is 2. The number of hydrogen-bond acceptors (Lipinski definition) is 2. The van der Waals surface area contributed by atoms with E-state index >= 15 is 0 Å². The molecule has 100 valence electrons. The van der Waals surface area contributed by atoms with Crippen LogP contribution in [0.25, 0.3) is 0 Å². The molecule has 1 aliphatic heterocycles. The van der Waals surface area contributed by atoms with Crippen LogP contribution in [0, 0.1) is 19.8 Å². The van der Waals surface area contributed by atoms with Gasteiger partial charge in [0.25, 0.3) is 0 Å². The molecule has 4 heteroatoms. The molecule has 0 aliphatic carbocycles. The molecule has 0 spiro atoms. The molecular weight excluding hydrogens is 248 g/mol. The molecule has 2 N–H and O–H groups in total. The predicted octanol–water partition coefficient (Wildman–Crippen LogP) is 1.60. The molecule has 0 atom stereocenters. The first-order chi connectivity index (χ1) is 8.18. The van der Waals surface area contributed by atoms with Crippen LogP contribution >= 0.6 is 12.4 Å². The van der Waals surface area contributed by atoms with Crippen molar-refractivity contribution in [1.29, 1.82) is 0 Å². The molecule has 0 saturated carbocycles. The van der Waals surface area contributed by atoms with Gasteiger partial charge in [0.05, 0.1) is 5.92 Å². The molecule has 1 amide bonds. The van der Waals surface area contributed by atoms with Crippen molar-refractivity contribution in [3.05, 3.63) is 34.9 Å². The smallest absolute Gasteiger partial charge is 0.225 e. The van der Waals surface area contributed by atoms with E-state index < -0.39 is 0 Å². The Balaban J connectivity index is 0.00000162. The molecule has 18 heavy (non-hydrogen) atoms. The van der Waals surface area contributed by atoms with E-state index in [4.69, 9.17) is 0 Å². The van der Waals surface area contributed by atoms with Crippen molar-refractivity contribution in [1.82, 2.24) is 10.6 Å².